The summed E-state index contributed by atoms with van der Waals surface area (Å²) in [4.78, 5) is 18.1. The Morgan fingerprint density at radius 2 is 1.93 bits per heavy atom. The molecule has 0 unspecified atom stereocenters. The standard InChI is InChI=1S/C19H24F3N3O2/c1-12(2)23-18(26)16-11-27-17(24-16)10-25(13(3)4)9-14-6-5-7-15(8-14)19(20,21)22/h5-8,11-13H,9-10H2,1-4H3,(H,23,26). The zero-order valence-electron chi connectivity index (χ0n) is 15.8. The molecule has 8 heteroatoms. The summed E-state index contributed by atoms with van der Waals surface area (Å²) in [5.41, 5.74) is 0.0526. The Morgan fingerprint density at radius 1 is 1.22 bits per heavy atom. The fourth-order valence-corrected chi connectivity index (χ4v) is 2.50. The molecular formula is C19H24F3N3O2. The summed E-state index contributed by atoms with van der Waals surface area (Å²) >= 11 is 0. The molecule has 0 saturated heterocycles. The van der Waals surface area contributed by atoms with Gasteiger partial charge in [0.05, 0.1) is 12.1 Å². The van der Waals surface area contributed by atoms with Crippen molar-refractivity contribution in [2.75, 3.05) is 0 Å². The van der Waals surface area contributed by atoms with Gasteiger partial charge in [-0.3, -0.25) is 9.69 Å². The maximum absolute atomic E-state index is 12.9. The van der Waals surface area contributed by atoms with E-state index < -0.39 is 11.7 Å². The number of rotatable bonds is 7. The van der Waals surface area contributed by atoms with Crippen LogP contribution in [-0.2, 0) is 19.3 Å². The molecule has 148 valence electrons. The quantitative estimate of drug-likeness (QED) is 0.777. The molecule has 2 rings (SSSR count). The van der Waals surface area contributed by atoms with Gasteiger partial charge < -0.3 is 9.73 Å². The maximum Gasteiger partial charge on any atom is 0.416 e. The number of aromatic nitrogens is 1. The molecule has 0 radical (unpaired) electrons. The summed E-state index contributed by atoms with van der Waals surface area (Å²) < 4.78 is 44.1. The largest absolute Gasteiger partial charge is 0.447 e. The van der Waals surface area contributed by atoms with Gasteiger partial charge in [-0.05, 0) is 39.3 Å². The molecule has 1 heterocycles. The number of halogens is 3. The Labute approximate surface area is 156 Å². The summed E-state index contributed by atoms with van der Waals surface area (Å²) in [6, 6.07) is 5.27. The van der Waals surface area contributed by atoms with E-state index in [-0.39, 0.29) is 30.2 Å². The Morgan fingerprint density at radius 3 is 2.52 bits per heavy atom. The van der Waals surface area contributed by atoms with Crippen LogP contribution in [0, 0.1) is 0 Å². The molecule has 0 bridgehead atoms. The fourth-order valence-electron chi connectivity index (χ4n) is 2.50. The van der Waals surface area contributed by atoms with E-state index >= 15 is 0 Å². The molecule has 0 fully saturated rings. The second-order valence-electron chi connectivity index (χ2n) is 6.95. The van der Waals surface area contributed by atoms with Gasteiger partial charge in [-0.2, -0.15) is 13.2 Å². The first-order valence-electron chi connectivity index (χ1n) is 8.71. The van der Waals surface area contributed by atoms with Crippen LogP contribution in [0.5, 0.6) is 0 Å². The highest BCUT2D eigenvalue weighted by Gasteiger charge is 2.30. The molecule has 1 aromatic heterocycles. The first-order chi connectivity index (χ1) is 12.6. The van der Waals surface area contributed by atoms with E-state index in [1.807, 2.05) is 32.6 Å². The van der Waals surface area contributed by atoms with E-state index in [2.05, 4.69) is 10.3 Å². The van der Waals surface area contributed by atoms with Crippen LogP contribution in [0.15, 0.2) is 34.9 Å². The lowest BCUT2D eigenvalue weighted by molar-refractivity contribution is -0.137. The highest BCUT2D eigenvalue weighted by Crippen LogP contribution is 2.30. The van der Waals surface area contributed by atoms with E-state index in [4.69, 9.17) is 4.42 Å². The molecular weight excluding hydrogens is 359 g/mol. The molecule has 0 atom stereocenters. The van der Waals surface area contributed by atoms with Crippen LogP contribution >= 0.6 is 0 Å². The third-order valence-corrected chi connectivity index (χ3v) is 3.91. The summed E-state index contributed by atoms with van der Waals surface area (Å²) in [5, 5.41) is 2.73. The topological polar surface area (TPSA) is 58.4 Å². The van der Waals surface area contributed by atoms with Crippen LogP contribution in [0.3, 0.4) is 0 Å². The van der Waals surface area contributed by atoms with E-state index in [0.29, 0.717) is 18.0 Å². The highest BCUT2D eigenvalue weighted by molar-refractivity contribution is 5.92. The van der Waals surface area contributed by atoms with Crippen molar-refractivity contribution in [3.05, 3.63) is 53.2 Å². The van der Waals surface area contributed by atoms with Crippen molar-refractivity contribution in [2.24, 2.45) is 0 Å². The maximum atomic E-state index is 12.9. The van der Waals surface area contributed by atoms with E-state index in [1.54, 1.807) is 6.07 Å². The average molecular weight is 383 g/mol. The molecule has 1 aromatic carbocycles. The Bertz CT molecular complexity index is 770. The fraction of sp³-hybridized carbons (Fsp3) is 0.474. The third kappa shape index (κ3) is 6.09. The number of carbonyl (C=O) groups is 1. The monoisotopic (exact) mass is 383 g/mol. The molecule has 27 heavy (non-hydrogen) atoms. The predicted molar refractivity (Wildman–Crippen MR) is 94.9 cm³/mol. The Kier molecular flexibility index (Phi) is 6.64. The first kappa shape index (κ1) is 21.0. The molecule has 0 aliphatic heterocycles. The van der Waals surface area contributed by atoms with Crippen molar-refractivity contribution < 1.29 is 22.4 Å². The minimum Gasteiger partial charge on any atom is -0.447 e. The van der Waals surface area contributed by atoms with Gasteiger partial charge in [0, 0.05) is 18.6 Å². The number of hydrogen-bond donors (Lipinski definition) is 1. The van der Waals surface area contributed by atoms with Gasteiger partial charge in [-0.1, -0.05) is 18.2 Å². The Balaban J connectivity index is 2.11. The lowest BCUT2D eigenvalue weighted by Crippen LogP contribution is -2.31. The Hall–Kier alpha value is -2.35. The molecule has 0 spiro atoms. The molecule has 0 saturated carbocycles. The van der Waals surface area contributed by atoms with Gasteiger partial charge >= 0.3 is 6.18 Å². The van der Waals surface area contributed by atoms with Crippen LogP contribution < -0.4 is 5.32 Å². The summed E-state index contributed by atoms with van der Waals surface area (Å²) in [6.07, 6.45) is -3.09. The number of amides is 1. The lowest BCUT2D eigenvalue weighted by Gasteiger charge is -2.25. The van der Waals surface area contributed by atoms with Crippen molar-refractivity contribution in [1.82, 2.24) is 15.2 Å². The lowest BCUT2D eigenvalue weighted by atomic mass is 10.1. The molecule has 2 aromatic rings. The predicted octanol–water partition coefficient (Wildman–Crippen LogP) is 4.24. The van der Waals surface area contributed by atoms with Gasteiger partial charge in [0.15, 0.2) is 5.69 Å². The van der Waals surface area contributed by atoms with E-state index in [9.17, 15) is 18.0 Å². The van der Waals surface area contributed by atoms with Crippen molar-refractivity contribution in [2.45, 2.75) is 59.0 Å². The number of alkyl halides is 3. The second kappa shape index (κ2) is 8.56. The normalized spacial score (nSPS) is 12.2. The van der Waals surface area contributed by atoms with Crippen LogP contribution in [0.2, 0.25) is 0 Å². The first-order valence-corrected chi connectivity index (χ1v) is 8.71. The molecule has 1 N–H and O–H groups in total. The summed E-state index contributed by atoms with van der Waals surface area (Å²) in [6.45, 7) is 8.13. The number of benzene rings is 1. The zero-order valence-corrected chi connectivity index (χ0v) is 15.8. The minimum atomic E-state index is -4.38. The summed E-state index contributed by atoms with van der Waals surface area (Å²) in [7, 11) is 0. The number of carbonyl (C=O) groups excluding carboxylic acids is 1. The van der Waals surface area contributed by atoms with Gasteiger partial charge in [0.2, 0.25) is 5.89 Å². The van der Waals surface area contributed by atoms with Crippen molar-refractivity contribution in [1.29, 1.82) is 0 Å². The van der Waals surface area contributed by atoms with Gasteiger partial charge in [0.25, 0.3) is 5.91 Å². The van der Waals surface area contributed by atoms with Crippen molar-refractivity contribution in [3.8, 4) is 0 Å². The average Bonchev–Trinajstić information content (AvgIpc) is 3.02. The second-order valence-corrected chi connectivity index (χ2v) is 6.95. The number of oxazole rings is 1. The van der Waals surface area contributed by atoms with Gasteiger partial charge in [-0.15, -0.1) is 0 Å². The van der Waals surface area contributed by atoms with Crippen LogP contribution in [0.25, 0.3) is 0 Å². The van der Waals surface area contributed by atoms with Gasteiger partial charge in [0.1, 0.15) is 6.26 Å². The smallest absolute Gasteiger partial charge is 0.416 e. The molecule has 0 aliphatic carbocycles. The molecule has 0 aliphatic rings. The van der Waals surface area contributed by atoms with Crippen LogP contribution in [0.1, 0.15) is 55.2 Å². The number of nitrogens with zero attached hydrogens (tertiary/aromatic N) is 2. The zero-order chi connectivity index (χ0) is 20.2. The van der Waals surface area contributed by atoms with Gasteiger partial charge in [-0.25, -0.2) is 4.98 Å². The minimum absolute atomic E-state index is 0.0225. The highest BCUT2D eigenvalue weighted by atomic mass is 19.4. The van der Waals surface area contributed by atoms with Crippen molar-refractivity contribution >= 4 is 5.91 Å². The summed E-state index contributed by atoms with van der Waals surface area (Å²) in [5.74, 6) is 0.0126. The van der Waals surface area contributed by atoms with Crippen LogP contribution in [-0.4, -0.2) is 27.9 Å². The molecule has 1 amide bonds. The van der Waals surface area contributed by atoms with Crippen molar-refractivity contribution in [3.63, 3.8) is 0 Å². The number of nitrogens with one attached hydrogen (secondary N) is 1. The van der Waals surface area contributed by atoms with E-state index in [0.717, 1.165) is 12.1 Å². The molecule has 5 nitrogen and oxygen atoms in total. The van der Waals surface area contributed by atoms with Crippen LogP contribution in [0.4, 0.5) is 13.2 Å². The van der Waals surface area contributed by atoms with E-state index in [1.165, 1.54) is 12.3 Å². The number of hydrogen-bond acceptors (Lipinski definition) is 4. The SMILES string of the molecule is CC(C)NC(=O)c1coc(CN(Cc2cccc(C(F)(F)F)c2)C(C)C)n1. The third-order valence-electron chi connectivity index (χ3n) is 3.91.